The average molecular weight is 404 g/mol. The highest BCUT2D eigenvalue weighted by Crippen LogP contribution is 2.40. The van der Waals surface area contributed by atoms with Gasteiger partial charge in [0, 0.05) is 18.7 Å². The molecule has 2 amide bonds. The molecule has 0 saturated heterocycles. The first kappa shape index (κ1) is 19.5. The number of aromatic nitrogens is 1. The van der Waals surface area contributed by atoms with Gasteiger partial charge in [0.2, 0.25) is 12.3 Å². The first-order valence-corrected chi connectivity index (χ1v) is 9.72. The first-order valence-electron chi connectivity index (χ1n) is 9.72. The van der Waals surface area contributed by atoms with E-state index < -0.39 is 6.04 Å². The van der Waals surface area contributed by atoms with Crippen molar-refractivity contribution in [1.29, 1.82) is 0 Å². The Balaban J connectivity index is 1.91. The number of pyridine rings is 1. The molecular formula is C22H24N6O2. The van der Waals surface area contributed by atoms with Gasteiger partial charge in [-0.15, -0.1) is 0 Å². The van der Waals surface area contributed by atoms with Crippen LogP contribution in [0.25, 0.3) is 12.8 Å². The van der Waals surface area contributed by atoms with Crippen LogP contribution in [0.2, 0.25) is 0 Å². The molecule has 2 aromatic rings. The summed E-state index contributed by atoms with van der Waals surface area (Å²) in [5.74, 6) is 0.873. The lowest BCUT2D eigenvalue weighted by Gasteiger charge is -2.38. The minimum absolute atomic E-state index is 0.0410. The van der Waals surface area contributed by atoms with Crippen molar-refractivity contribution in [1.82, 2.24) is 20.9 Å². The van der Waals surface area contributed by atoms with Crippen molar-refractivity contribution < 1.29 is 9.59 Å². The molecule has 4 rings (SSSR count). The second-order valence-electron chi connectivity index (χ2n) is 7.40. The van der Waals surface area contributed by atoms with Crippen LogP contribution in [-0.2, 0) is 9.59 Å². The highest BCUT2D eigenvalue weighted by Gasteiger charge is 2.41. The smallest absolute Gasteiger partial charge is 0.248 e. The summed E-state index contributed by atoms with van der Waals surface area (Å²) < 4.78 is 0. The van der Waals surface area contributed by atoms with Crippen molar-refractivity contribution in [3.8, 4) is 0 Å². The third-order valence-electron chi connectivity index (χ3n) is 5.68. The fourth-order valence-electron chi connectivity index (χ4n) is 4.10. The minimum Gasteiger partial charge on any atom is -0.382 e. The Morgan fingerprint density at radius 2 is 2.07 bits per heavy atom. The molecule has 8 nitrogen and oxygen atoms in total. The van der Waals surface area contributed by atoms with Gasteiger partial charge < -0.3 is 26.6 Å². The van der Waals surface area contributed by atoms with Gasteiger partial charge in [0.1, 0.15) is 17.7 Å². The van der Waals surface area contributed by atoms with E-state index in [-0.39, 0.29) is 17.6 Å². The maximum Gasteiger partial charge on any atom is 0.248 e. The van der Waals surface area contributed by atoms with Crippen molar-refractivity contribution >= 4 is 36.6 Å². The molecule has 2 aliphatic rings. The summed E-state index contributed by atoms with van der Waals surface area (Å²) in [4.78, 5) is 29.8. The molecule has 0 radical (unpaired) electrons. The van der Waals surface area contributed by atoms with Gasteiger partial charge in [-0.3, -0.25) is 9.59 Å². The van der Waals surface area contributed by atoms with Crippen molar-refractivity contribution in [2.45, 2.75) is 25.8 Å². The Hall–Kier alpha value is -3.81. The van der Waals surface area contributed by atoms with E-state index in [0.29, 0.717) is 35.0 Å². The quantitative estimate of drug-likeness (QED) is 0.523. The molecule has 2 atom stereocenters. The Bertz CT molecular complexity index is 1160. The van der Waals surface area contributed by atoms with Gasteiger partial charge in [0.15, 0.2) is 0 Å². The van der Waals surface area contributed by atoms with Crippen molar-refractivity contribution in [3.63, 3.8) is 0 Å². The number of amides is 2. The van der Waals surface area contributed by atoms with Crippen molar-refractivity contribution in [2.24, 2.45) is 0 Å². The summed E-state index contributed by atoms with van der Waals surface area (Å²) in [6, 6.07) is 9.65. The number of nitrogens with two attached hydrogens (primary N) is 1. The van der Waals surface area contributed by atoms with E-state index in [1.807, 2.05) is 36.9 Å². The monoisotopic (exact) mass is 404 g/mol. The van der Waals surface area contributed by atoms with Crippen LogP contribution in [0.4, 0.5) is 11.5 Å². The summed E-state index contributed by atoms with van der Waals surface area (Å²) in [5, 5.41) is 9.90. The third kappa shape index (κ3) is 3.06. The zero-order chi connectivity index (χ0) is 21.4. The molecule has 0 bridgehead atoms. The van der Waals surface area contributed by atoms with Gasteiger partial charge in [-0.1, -0.05) is 36.9 Å². The maximum absolute atomic E-state index is 12.7. The number of hydrogen-bond acceptors (Lipinski definition) is 6. The number of carbonyl (C=O) groups excluding carboxylic acids is 2. The standard InChI is InChI=1S/C22H24N6O2/c1-12-13(2)18(20(23)26-17(12)10-24-11-29)28-14(3)22(30)27-21-19(28)16(9-25-21)15-7-5-4-6-8-15/h4-8,10-11,14,16,25H,1,9H2,2-3H3,(H2,23,26)(H,24,29)(H,27,30). The Morgan fingerprint density at radius 3 is 2.77 bits per heavy atom. The number of anilines is 2. The van der Waals surface area contributed by atoms with E-state index in [9.17, 15) is 9.59 Å². The molecular weight excluding hydrogens is 380 g/mol. The number of nitrogens with zero attached hydrogens (tertiary/aromatic N) is 2. The van der Waals surface area contributed by atoms with E-state index in [0.717, 1.165) is 16.8 Å². The second-order valence-corrected chi connectivity index (χ2v) is 7.40. The minimum atomic E-state index is -0.486. The van der Waals surface area contributed by atoms with Crippen LogP contribution < -0.4 is 37.2 Å². The molecule has 2 aliphatic heterocycles. The lowest BCUT2D eigenvalue weighted by molar-refractivity contribution is -0.121. The summed E-state index contributed by atoms with van der Waals surface area (Å²) in [5.41, 5.74) is 9.92. The molecule has 154 valence electrons. The van der Waals surface area contributed by atoms with Gasteiger partial charge >= 0.3 is 0 Å². The summed E-state index contributed by atoms with van der Waals surface area (Å²) in [6.07, 6.45) is 2.02. The van der Waals surface area contributed by atoms with Crippen molar-refractivity contribution in [2.75, 3.05) is 17.2 Å². The zero-order valence-electron chi connectivity index (χ0n) is 16.9. The summed E-state index contributed by atoms with van der Waals surface area (Å²) in [6.45, 7) is 8.51. The maximum atomic E-state index is 12.7. The molecule has 30 heavy (non-hydrogen) atoms. The van der Waals surface area contributed by atoms with E-state index in [2.05, 4.69) is 39.6 Å². The highest BCUT2D eigenvalue weighted by molar-refractivity contribution is 5.92. The van der Waals surface area contributed by atoms with Crippen LogP contribution >= 0.6 is 0 Å². The van der Waals surface area contributed by atoms with E-state index in [1.54, 1.807) is 0 Å². The van der Waals surface area contributed by atoms with E-state index >= 15 is 0 Å². The molecule has 1 aromatic heterocycles. The number of rotatable bonds is 4. The van der Waals surface area contributed by atoms with Crippen LogP contribution in [-0.4, -0.2) is 29.9 Å². The molecule has 0 saturated carbocycles. The van der Waals surface area contributed by atoms with Gasteiger partial charge in [-0.25, -0.2) is 4.98 Å². The largest absolute Gasteiger partial charge is 0.382 e. The number of hydrogen-bond donors (Lipinski definition) is 4. The Labute approximate surface area is 174 Å². The van der Waals surface area contributed by atoms with Gasteiger partial charge in [0.05, 0.1) is 16.7 Å². The molecule has 0 aliphatic carbocycles. The van der Waals surface area contributed by atoms with Crippen LogP contribution in [0, 0.1) is 6.92 Å². The first-order chi connectivity index (χ1) is 14.4. The Morgan fingerprint density at radius 1 is 1.33 bits per heavy atom. The number of nitrogens with one attached hydrogen (secondary N) is 3. The molecule has 3 heterocycles. The van der Waals surface area contributed by atoms with Gasteiger partial charge in [-0.2, -0.15) is 0 Å². The molecule has 5 N–H and O–H groups in total. The molecule has 0 fully saturated rings. The van der Waals surface area contributed by atoms with Crippen LogP contribution in [0.1, 0.15) is 24.0 Å². The molecule has 8 heteroatoms. The summed E-state index contributed by atoms with van der Waals surface area (Å²) >= 11 is 0. The van der Waals surface area contributed by atoms with Crippen LogP contribution in [0.5, 0.6) is 0 Å². The van der Waals surface area contributed by atoms with Crippen molar-refractivity contribution in [3.05, 3.63) is 63.5 Å². The molecule has 2 unspecified atom stereocenters. The normalized spacial score (nSPS) is 21.2. The molecule has 0 spiro atoms. The zero-order valence-corrected chi connectivity index (χ0v) is 16.9. The lowest BCUT2D eigenvalue weighted by atomic mass is 9.94. The summed E-state index contributed by atoms with van der Waals surface area (Å²) in [7, 11) is 0. The fourth-order valence-corrected chi connectivity index (χ4v) is 4.10. The highest BCUT2D eigenvalue weighted by atomic mass is 16.2. The van der Waals surface area contributed by atoms with E-state index in [1.165, 1.54) is 6.20 Å². The average Bonchev–Trinajstić information content (AvgIpc) is 3.16. The Kier molecular flexibility index (Phi) is 4.91. The van der Waals surface area contributed by atoms with E-state index in [4.69, 9.17) is 5.73 Å². The van der Waals surface area contributed by atoms with Gasteiger partial charge in [0.25, 0.3) is 0 Å². The predicted octanol–water partition coefficient (Wildman–Crippen LogP) is -0.253. The number of carbonyl (C=O) groups is 2. The lowest BCUT2D eigenvalue weighted by Crippen LogP contribution is -2.52. The topological polar surface area (TPSA) is 112 Å². The molecule has 1 aromatic carbocycles. The number of benzene rings is 1. The fraction of sp³-hybridized carbons (Fsp3) is 0.227. The second kappa shape index (κ2) is 7.55. The van der Waals surface area contributed by atoms with Crippen LogP contribution in [0.3, 0.4) is 0 Å². The number of nitrogen functional groups attached to an aromatic ring is 1. The predicted molar refractivity (Wildman–Crippen MR) is 116 cm³/mol. The van der Waals surface area contributed by atoms with Gasteiger partial charge in [-0.05, 0) is 30.2 Å². The SMILES string of the molecule is C=c1c(C)c(N2C3=C(NCC3c3ccccc3)NC(=O)C2C)c(N)nc1=CNC=O. The van der Waals surface area contributed by atoms with Crippen LogP contribution in [0.15, 0.2) is 41.8 Å². The third-order valence-corrected chi connectivity index (χ3v) is 5.68.